The SMILES string of the molecule is COc1cccc(N(CCCC(=O)N(Cc2ccc(Br)cc2)[C@@H](C)C(=O)NC(C)(C)C)S(C)(=O)=O)c1. The summed E-state index contributed by atoms with van der Waals surface area (Å²) >= 11 is 3.41. The summed E-state index contributed by atoms with van der Waals surface area (Å²) in [5.74, 6) is 0.0623. The van der Waals surface area contributed by atoms with Crippen molar-refractivity contribution in [3.63, 3.8) is 0 Å². The Morgan fingerprint density at radius 1 is 1.11 bits per heavy atom. The summed E-state index contributed by atoms with van der Waals surface area (Å²) in [6.45, 7) is 7.74. The van der Waals surface area contributed by atoms with E-state index in [-0.39, 0.29) is 37.7 Å². The molecule has 1 atom stereocenters. The standard InChI is InChI=1S/C26H36BrN3O5S/c1-19(25(32)28-26(2,3)4)29(18-20-12-14-21(27)15-13-20)24(31)11-8-16-30(36(6,33)34)22-9-7-10-23(17-22)35-5/h7,9-10,12-15,17,19H,8,11,16,18H2,1-6H3,(H,28,32)/t19-/m0/s1. The molecule has 0 aliphatic carbocycles. The second-order valence-corrected chi connectivity index (χ2v) is 12.5. The lowest BCUT2D eigenvalue weighted by atomic mass is 10.1. The first-order valence-corrected chi connectivity index (χ1v) is 14.3. The number of carbonyl (C=O) groups is 2. The van der Waals surface area contributed by atoms with Gasteiger partial charge >= 0.3 is 0 Å². The predicted molar refractivity (Wildman–Crippen MR) is 146 cm³/mol. The van der Waals surface area contributed by atoms with Crippen LogP contribution in [0.2, 0.25) is 0 Å². The van der Waals surface area contributed by atoms with E-state index in [0.29, 0.717) is 11.4 Å². The number of anilines is 1. The molecule has 0 aliphatic heterocycles. The maximum atomic E-state index is 13.3. The first-order chi connectivity index (χ1) is 16.7. The van der Waals surface area contributed by atoms with E-state index in [1.54, 1.807) is 36.1 Å². The van der Waals surface area contributed by atoms with Gasteiger partial charge in [0.25, 0.3) is 0 Å². The van der Waals surface area contributed by atoms with Gasteiger partial charge in [0, 0.05) is 35.6 Å². The van der Waals surface area contributed by atoms with Gasteiger partial charge in [-0.3, -0.25) is 13.9 Å². The van der Waals surface area contributed by atoms with Crippen LogP contribution in [0.1, 0.15) is 46.1 Å². The number of methoxy groups -OCH3 is 1. The summed E-state index contributed by atoms with van der Waals surface area (Å²) in [6.07, 6.45) is 1.50. The van der Waals surface area contributed by atoms with Crippen molar-refractivity contribution in [2.45, 2.75) is 58.7 Å². The van der Waals surface area contributed by atoms with E-state index in [1.165, 1.54) is 11.4 Å². The van der Waals surface area contributed by atoms with E-state index in [4.69, 9.17) is 4.74 Å². The Labute approximate surface area is 223 Å². The Kier molecular flexibility index (Phi) is 10.4. The Hall–Kier alpha value is -2.59. The molecular formula is C26H36BrN3O5S. The molecule has 0 bridgehead atoms. The average molecular weight is 583 g/mol. The zero-order valence-electron chi connectivity index (χ0n) is 21.7. The number of hydrogen-bond donors (Lipinski definition) is 1. The summed E-state index contributed by atoms with van der Waals surface area (Å²) < 4.78 is 32.3. The first kappa shape index (κ1) is 29.6. The summed E-state index contributed by atoms with van der Waals surface area (Å²) in [4.78, 5) is 27.8. The van der Waals surface area contributed by atoms with Crippen molar-refractivity contribution in [2.24, 2.45) is 0 Å². The highest BCUT2D eigenvalue weighted by atomic mass is 79.9. The van der Waals surface area contributed by atoms with Crippen LogP contribution in [-0.2, 0) is 26.2 Å². The quantitative estimate of drug-likeness (QED) is 0.426. The van der Waals surface area contributed by atoms with E-state index in [1.807, 2.05) is 45.0 Å². The molecule has 36 heavy (non-hydrogen) atoms. The smallest absolute Gasteiger partial charge is 0.242 e. The molecule has 2 amide bonds. The Balaban J connectivity index is 2.19. The van der Waals surface area contributed by atoms with Crippen molar-refractivity contribution < 1.29 is 22.7 Å². The van der Waals surface area contributed by atoms with Gasteiger partial charge in [0.05, 0.1) is 19.1 Å². The number of ether oxygens (including phenoxy) is 1. The monoisotopic (exact) mass is 581 g/mol. The second-order valence-electron chi connectivity index (χ2n) is 9.70. The minimum absolute atomic E-state index is 0.0830. The van der Waals surface area contributed by atoms with Crippen molar-refractivity contribution in [2.75, 3.05) is 24.2 Å². The molecule has 0 saturated carbocycles. The van der Waals surface area contributed by atoms with Crippen LogP contribution in [0.3, 0.4) is 0 Å². The van der Waals surface area contributed by atoms with Gasteiger partial charge in [0.1, 0.15) is 11.8 Å². The number of amides is 2. The molecule has 0 radical (unpaired) electrons. The van der Waals surface area contributed by atoms with Crippen molar-refractivity contribution in [1.82, 2.24) is 10.2 Å². The molecule has 0 aliphatic rings. The van der Waals surface area contributed by atoms with E-state index in [0.717, 1.165) is 16.3 Å². The van der Waals surface area contributed by atoms with Crippen LogP contribution in [0.25, 0.3) is 0 Å². The van der Waals surface area contributed by atoms with Crippen LogP contribution in [0.15, 0.2) is 53.0 Å². The largest absolute Gasteiger partial charge is 0.497 e. The molecule has 2 aromatic carbocycles. The second kappa shape index (κ2) is 12.6. The summed E-state index contributed by atoms with van der Waals surface area (Å²) in [5, 5.41) is 2.94. The molecule has 0 unspecified atom stereocenters. The molecule has 2 rings (SSSR count). The number of sulfonamides is 1. The van der Waals surface area contributed by atoms with E-state index >= 15 is 0 Å². The molecule has 0 spiro atoms. The zero-order valence-corrected chi connectivity index (χ0v) is 24.1. The third-order valence-corrected chi connectivity index (χ3v) is 7.15. The number of halogens is 1. The number of rotatable bonds is 11. The normalized spacial score (nSPS) is 12.5. The maximum absolute atomic E-state index is 13.3. The Morgan fingerprint density at radius 2 is 1.75 bits per heavy atom. The van der Waals surface area contributed by atoms with Crippen molar-refractivity contribution in [1.29, 1.82) is 0 Å². The third kappa shape index (κ3) is 9.13. The van der Waals surface area contributed by atoms with Crippen molar-refractivity contribution in [3.8, 4) is 5.75 Å². The Morgan fingerprint density at radius 3 is 2.31 bits per heavy atom. The van der Waals surface area contributed by atoms with Gasteiger partial charge < -0.3 is 15.0 Å². The number of benzene rings is 2. The van der Waals surface area contributed by atoms with Gasteiger partial charge in [0.2, 0.25) is 21.8 Å². The summed E-state index contributed by atoms with van der Waals surface area (Å²) in [7, 11) is -2.07. The van der Waals surface area contributed by atoms with E-state index < -0.39 is 21.6 Å². The minimum atomic E-state index is -3.58. The maximum Gasteiger partial charge on any atom is 0.242 e. The molecule has 0 saturated heterocycles. The lowest BCUT2D eigenvalue weighted by molar-refractivity contribution is -0.141. The zero-order chi connectivity index (χ0) is 27.1. The van der Waals surface area contributed by atoms with Gasteiger partial charge in [-0.2, -0.15) is 0 Å². The fourth-order valence-corrected chi connectivity index (χ4v) is 4.83. The van der Waals surface area contributed by atoms with Crippen LogP contribution in [0.4, 0.5) is 5.69 Å². The summed E-state index contributed by atoms with van der Waals surface area (Å²) in [5.41, 5.74) is 0.912. The first-order valence-electron chi connectivity index (χ1n) is 11.7. The average Bonchev–Trinajstić information content (AvgIpc) is 2.79. The molecular weight excluding hydrogens is 546 g/mol. The molecule has 8 nitrogen and oxygen atoms in total. The highest BCUT2D eigenvalue weighted by Crippen LogP contribution is 2.24. The molecule has 198 valence electrons. The fraction of sp³-hybridized carbons (Fsp3) is 0.462. The molecule has 0 heterocycles. The molecule has 10 heteroatoms. The fourth-order valence-electron chi connectivity index (χ4n) is 3.61. The lowest BCUT2D eigenvalue weighted by Crippen LogP contribution is -2.52. The van der Waals surface area contributed by atoms with Gasteiger partial charge in [-0.05, 0) is 63.9 Å². The van der Waals surface area contributed by atoms with E-state index in [9.17, 15) is 18.0 Å². The number of nitrogens with one attached hydrogen (secondary N) is 1. The van der Waals surface area contributed by atoms with Gasteiger partial charge in [-0.25, -0.2) is 8.42 Å². The van der Waals surface area contributed by atoms with Crippen LogP contribution in [0, 0.1) is 0 Å². The van der Waals surface area contributed by atoms with Gasteiger partial charge in [-0.1, -0.05) is 34.1 Å². The predicted octanol–water partition coefficient (Wildman–Crippen LogP) is 4.34. The highest BCUT2D eigenvalue weighted by molar-refractivity contribution is 9.10. The molecule has 0 fully saturated rings. The van der Waals surface area contributed by atoms with Crippen LogP contribution in [0.5, 0.6) is 5.75 Å². The number of hydrogen-bond acceptors (Lipinski definition) is 5. The third-order valence-electron chi connectivity index (χ3n) is 5.43. The van der Waals surface area contributed by atoms with E-state index in [2.05, 4.69) is 21.2 Å². The lowest BCUT2D eigenvalue weighted by Gasteiger charge is -2.32. The summed E-state index contributed by atoms with van der Waals surface area (Å²) in [6, 6.07) is 13.6. The van der Waals surface area contributed by atoms with Crippen LogP contribution < -0.4 is 14.4 Å². The molecule has 1 N–H and O–H groups in total. The van der Waals surface area contributed by atoms with Crippen LogP contribution >= 0.6 is 15.9 Å². The highest BCUT2D eigenvalue weighted by Gasteiger charge is 2.28. The molecule has 2 aromatic rings. The van der Waals surface area contributed by atoms with Crippen molar-refractivity contribution in [3.05, 3.63) is 58.6 Å². The molecule has 0 aromatic heterocycles. The minimum Gasteiger partial charge on any atom is -0.497 e. The topological polar surface area (TPSA) is 96.0 Å². The van der Waals surface area contributed by atoms with Gasteiger partial charge in [-0.15, -0.1) is 0 Å². The number of carbonyl (C=O) groups excluding carboxylic acids is 2. The van der Waals surface area contributed by atoms with Gasteiger partial charge in [0.15, 0.2) is 0 Å². The Bertz CT molecular complexity index is 1150. The number of nitrogens with zero attached hydrogens (tertiary/aromatic N) is 2. The van der Waals surface area contributed by atoms with Crippen LogP contribution in [-0.4, -0.2) is 56.6 Å². The van der Waals surface area contributed by atoms with Crippen molar-refractivity contribution >= 4 is 43.5 Å².